The van der Waals surface area contributed by atoms with Crippen molar-refractivity contribution in [2.45, 2.75) is 6.92 Å². The van der Waals surface area contributed by atoms with Crippen molar-refractivity contribution in [1.82, 2.24) is 15.2 Å². The lowest BCUT2D eigenvalue weighted by atomic mass is 10.3. The number of ether oxygens (including phenoxy) is 1. The number of hydrogen-bond acceptors (Lipinski definition) is 3. The second-order valence-corrected chi connectivity index (χ2v) is 2.60. The van der Waals surface area contributed by atoms with Gasteiger partial charge in [-0.1, -0.05) is 0 Å². The summed E-state index contributed by atoms with van der Waals surface area (Å²) in [5.74, 6) is 0.811. The molecule has 0 aromatic carbocycles. The third kappa shape index (κ3) is 0.922. The van der Waals surface area contributed by atoms with Crippen LogP contribution >= 0.6 is 0 Å². The molecule has 0 aliphatic carbocycles. The maximum Gasteiger partial charge on any atom is 0.159 e. The highest BCUT2D eigenvalue weighted by atomic mass is 16.5. The Morgan fingerprint density at radius 1 is 1.50 bits per heavy atom. The molecule has 0 aliphatic heterocycles. The van der Waals surface area contributed by atoms with Crippen LogP contribution in [0, 0.1) is 6.92 Å². The first-order valence-corrected chi connectivity index (χ1v) is 3.66. The molecule has 0 fully saturated rings. The molecule has 0 radical (unpaired) electrons. The second kappa shape index (κ2) is 2.48. The fourth-order valence-corrected chi connectivity index (χ4v) is 1.19. The molecule has 2 aromatic heterocycles. The van der Waals surface area contributed by atoms with Crippen molar-refractivity contribution in [2.75, 3.05) is 7.11 Å². The molecule has 0 bridgehead atoms. The monoisotopic (exact) mass is 163 g/mol. The summed E-state index contributed by atoms with van der Waals surface area (Å²) in [7, 11) is 1.64. The number of aryl methyl sites for hydroxylation is 1. The predicted molar refractivity (Wildman–Crippen MR) is 45.2 cm³/mol. The van der Waals surface area contributed by atoms with Gasteiger partial charge in [0.1, 0.15) is 5.75 Å². The lowest BCUT2D eigenvalue weighted by Crippen LogP contribution is -1.88. The molecule has 0 aliphatic rings. The van der Waals surface area contributed by atoms with Crippen molar-refractivity contribution in [2.24, 2.45) is 0 Å². The van der Waals surface area contributed by atoms with Gasteiger partial charge in [0.25, 0.3) is 0 Å². The Hall–Kier alpha value is -1.58. The van der Waals surface area contributed by atoms with Gasteiger partial charge in [0.05, 0.1) is 18.7 Å². The number of fused-ring (bicyclic) bond motifs is 1. The Labute approximate surface area is 69.6 Å². The third-order valence-corrected chi connectivity index (χ3v) is 1.73. The SMILES string of the molecule is COc1cc(C)nc2[nH]ncc12. The summed E-state index contributed by atoms with van der Waals surface area (Å²) in [6.45, 7) is 1.92. The van der Waals surface area contributed by atoms with E-state index in [-0.39, 0.29) is 0 Å². The number of pyridine rings is 1. The number of H-pyrrole nitrogens is 1. The highest BCUT2D eigenvalue weighted by Gasteiger charge is 2.04. The summed E-state index contributed by atoms with van der Waals surface area (Å²) in [6, 6.07) is 1.89. The average Bonchev–Trinajstić information content (AvgIpc) is 2.50. The molecule has 1 N–H and O–H groups in total. The van der Waals surface area contributed by atoms with Gasteiger partial charge in [-0.25, -0.2) is 4.98 Å². The van der Waals surface area contributed by atoms with Gasteiger partial charge in [0.2, 0.25) is 0 Å². The fourth-order valence-electron chi connectivity index (χ4n) is 1.19. The van der Waals surface area contributed by atoms with Crippen LogP contribution in [0.3, 0.4) is 0 Å². The van der Waals surface area contributed by atoms with Crippen molar-refractivity contribution in [3.05, 3.63) is 18.0 Å². The first-order chi connectivity index (χ1) is 5.81. The summed E-state index contributed by atoms with van der Waals surface area (Å²) in [4.78, 5) is 4.25. The van der Waals surface area contributed by atoms with Crippen LogP contribution in [-0.4, -0.2) is 22.3 Å². The molecule has 2 rings (SSSR count). The highest BCUT2D eigenvalue weighted by Crippen LogP contribution is 2.22. The van der Waals surface area contributed by atoms with Crippen LogP contribution in [0.2, 0.25) is 0 Å². The van der Waals surface area contributed by atoms with Crippen molar-refractivity contribution in [3.8, 4) is 5.75 Å². The van der Waals surface area contributed by atoms with Crippen LogP contribution in [0.15, 0.2) is 12.3 Å². The number of nitrogens with zero attached hydrogens (tertiary/aromatic N) is 2. The zero-order valence-corrected chi connectivity index (χ0v) is 6.96. The molecule has 0 saturated carbocycles. The van der Waals surface area contributed by atoms with Crippen molar-refractivity contribution >= 4 is 11.0 Å². The molecule has 0 saturated heterocycles. The van der Waals surface area contributed by atoms with Gasteiger partial charge < -0.3 is 4.74 Å². The van der Waals surface area contributed by atoms with E-state index in [2.05, 4.69) is 15.2 Å². The van der Waals surface area contributed by atoms with Crippen molar-refractivity contribution in [3.63, 3.8) is 0 Å². The number of methoxy groups -OCH3 is 1. The minimum atomic E-state index is 0.770. The van der Waals surface area contributed by atoms with Crippen LogP contribution < -0.4 is 4.74 Å². The van der Waals surface area contributed by atoms with Gasteiger partial charge in [0.15, 0.2) is 5.65 Å². The van der Waals surface area contributed by atoms with E-state index in [0.717, 1.165) is 22.5 Å². The van der Waals surface area contributed by atoms with E-state index in [1.165, 1.54) is 0 Å². The average molecular weight is 163 g/mol. The fraction of sp³-hybridized carbons (Fsp3) is 0.250. The minimum absolute atomic E-state index is 0.770. The van der Waals surface area contributed by atoms with Gasteiger partial charge in [-0.3, -0.25) is 5.10 Å². The molecule has 0 atom stereocenters. The van der Waals surface area contributed by atoms with E-state index in [4.69, 9.17) is 4.74 Å². The second-order valence-electron chi connectivity index (χ2n) is 2.60. The number of nitrogens with one attached hydrogen (secondary N) is 1. The number of hydrogen-bond donors (Lipinski definition) is 1. The minimum Gasteiger partial charge on any atom is -0.496 e. The van der Waals surface area contributed by atoms with Crippen molar-refractivity contribution < 1.29 is 4.74 Å². The molecule has 0 spiro atoms. The van der Waals surface area contributed by atoms with Crippen LogP contribution in [0.1, 0.15) is 5.69 Å². The van der Waals surface area contributed by atoms with Crippen LogP contribution in [0.25, 0.3) is 11.0 Å². The normalized spacial score (nSPS) is 10.5. The van der Waals surface area contributed by atoms with Crippen LogP contribution in [0.4, 0.5) is 0 Å². The molecular weight excluding hydrogens is 154 g/mol. The molecule has 4 nitrogen and oxygen atoms in total. The summed E-state index contributed by atoms with van der Waals surface area (Å²) >= 11 is 0. The van der Waals surface area contributed by atoms with E-state index in [0.29, 0.717) is 0 Å². The largest absolute Gasteiger partial charge is 0.496 e. The number of aromatic nitrogens is 3. The van der Waals surface area contributed by atoms with Gasteiger partial charge >= 0.3 is 0 Å². The molecule has 2 heterocycles. The van der Waals surface area contributed by atoms with Gasteiger partial charge in [-0.2, -0.15) is 5.10 Å². The Morgan fingerprint density at radius 2 is 2.33 bits per heavy atom. The lowest BCUT2D eigenvalue weighted by Gasteiger charge is -2.00. The Kier molecular flexibility index (Phi) is 1.46. The van der Waals surface area contributed by atoms with Gasteiger partial charge in [-0.15, -0.1) is 0 Å². The smallest absolute Gasteiger partial charge is 0.159 e. The Bertz CT molecular complexity index is 408. The number of rotatable bonds is 1. The third-order valence-electron chi connectivity index (χ3n) is 1.73. The molecule has 12 heavy (non-hydrogen) atoms. The maximum atomic E-state index is 5.17. The molecular formula is C8H9N3O. The molecule has 62 valence electrons. The summed E-state index contributed by atoms with van der Waals surface area (Å²) in [6.07, 6.45) is 1.71. The summed E-state index contributed by atoms with van der Waals surface area (Å²) in [5, 5.41) is 7.60. The molecule has 0 unspecified atom stereocenters. The van der Waals surface area contributed by atoms with E-state index < -0.39 is 0 Å². The highest BCUT2D eigenvalue weighted by molar-refractivity contribution is 5.81. The zero-order chi connectivity index (χ0) is 8.55. The quantitative estimate of drug-likeness (QED) is 0.688. The van der Waals surface area contributed by atoms with Crippen molar-refractivity contribution in [1.29, 1.82) is 0 Å². The lowest BCUT2D eigenvalue weighted by molar-refractivity contribution is 0.419. The van der Waals surface area contributed by atoms with E-state index in [1.54, 1.807) is 13.3 Å². The van der Waals surface area contributed by atoms with Crippen LogP contribution in [-0.2, 0) is 0 Å². The molecule has 0 amide bonds. The van der Waals surface area contributed by atoms with E-state index >= 15 is 0 Å². The molecule has 2 aromatic rings. The predicted octanol–water partition coefficient (Wildman–Crippen LogP) is 1.27. The van der Waals surface area contributed by atoms with E-state index in [9.17, 15) is 0 Å². The van der Waals surface area contributed by atoms with E-state index in [1.807, 2.05) is 13.0 Å². The first-order valence-electron chi connectivity index (χ1n) is 3.66. The summed E-state index contributed by atoms with van der Waals surface area (Å²) < 4.78 is 5.17. The summed E-state index contributed by atoms with van der Waals surface area (Å²) in [5.41, 5.74) is 1.69. The van der Waals surface area contributed by atoms with Gasteiger partial charge in [-0.05, 0) is 6.92 Å². The standard InChI is InChI=1S/C8H9N3O/c1-5-3-7(12-2)6-4-9-11-8(6)10-5/h3-4H,1-2H3,(H,9,10,11). The number of aromatic amines is 1. The van der Waals surface area contributed by atoms with Crippen LogP contribution in [0.5, 0.6) is 5.75 Å². The maximum absolute atomic E-state index is 5.17. The Balaban J connectivity index is 2.80. The van der Waals surface area contributed by atoms with Gasteiger partial charge in [0, 0.05) is 11.8 Å². The topological polar surface area (TPSA) is 50.8 Å². The molecule has 4 heteroatoms. The first kappa shape index (κ1) is 7.09. The Morgan fingerprint density at radius 3 is 3.08 bits per heavy atom. The zero-order valence-electron chi connectivity index (χ0n) is 6.96.